The molecule has 1 saturated heterocycles. The number of morpholine rings is 1. The Hall–Kier alpha value is -3.22. The average molecular weight is 405 g/mol. The van der Waals surface area contributed by atoms with E-state index in [1.165, 1.54) is 17.4 Å². The maximum Gasteiger partial charge on any atom is 0.232 e. The van der Waals surface area contributed by atoms with E-state index < -0.39 is 0 Å². The number of benzene rings is 1. The Labute approximate surface area is 173 Å². The summed E-state index contributed by atoms with van der Waals surface area (Å²) in [5, 5.41) is 12.9. The molecule has 9 heteroatoms. The number of aryl methyl sites for hydroxylation is 1. The second-order valence-electron chi connectivity index (χ2n) is 6.41. The first kappa shape index (κ1) is 19.1. The highest BCUT2D eigenvalue weighted by Gasteiger charge is 2.11. The van der Waals surface area contributed by atoms with Gasteiger partial charge in [-0.25, -0.2) is 19.9 Å². The summed E-state index contributed by atoms with van der Waals surface area (Å²) in [6, 6.07) is 10.1. The van der Waals surface area contributed by atoms with Crippen LogP contribution in [0.1, 0.15) is 11.4 Å². The van der Waals surface area contributed by atoms with Crippen molar-refractivity contribution >= 4 is 29.1 Å². The van der Waals surface area contributed by atoms with Crippen LogP contribution in [0, 0.1) is 18.3 Å². The van der Waals surface area contributed by atoms with Gasteiger partial charge < -0.3 is 15.0 Å². The lowest BCUT2D eigenvalue weighted by Gasteiger charge is -2.28. The molecule has 0 atom stereocenters. The molecule has 1 aromatic carbocycles. The van der Waals surface area contributed by atoms with E-state index in [2.05, 4.69) is 42.3 Å². The predicted molar refractivity (Wildman–Crippen MR) is 110 cm³/mol. The van der Waals surface area contributed by atoms with E-state index >= 15 is 0 Å². The van der Waals surface area contributed by atoms with E-state index in [0.29, 0.717) is 5.95 Å². The predicted octanol–water partition coefficient (Wildman–Crippen LogP) is 3.18. The van der Waals surface area contributed by atoms with Gasteiger partial charge in [-0.3, -0.25) is 0 Å². The lowest BCUT2D eigenvalue weighted by atomic mass is 10.2. The van der Waals surface area contributed by atoms with Gasteiger partial charge in [0, 0.05) is 48.6 Å². The Morgan fingerprint density at radius 3 is 2.48 bits per heavy atom. The minimum atomic E-state index is 0.150. The maximum atomic E-state index is 8.81. The number of anilines is 3. The number of nitrogens with one attached hydrogen (secondary N) is 1. The summed E-state index contributed by atoms with van der Waals surface area (Å²) >= 11 is 1.44. The Balaban J connectivity index is 1.46. The number of nitrogens with zero attached hydrogens (tertiary/aromatic N) is 6. The first-order valence-electron chi connectivity index (χ1n) is 9.15. The molecule has 29 heavy (non-hydrogen) atoms. The second-order valence-corrected chi connectivity index (χ2v) is 7.47. The third-order valence-electron chi connectivity index (χ3n) is 4.37. The molecule has 146 valence electrons. The molecule has 0 saturated carbocycles. The fraction of sp³-hybridized carbons (Fsp3) is 0.250. The highest BCUT2D eigenvalue weighted by atomic mass is 32.2. The molecule has 3 aromatic rings. The van der Waals surface area contributed by atoms with Crippen molar-refractivity contribution in [1.29, 1.82) is 5.26 Å². The van der Waals surface area contributed by atoms with Gasteiger partial charge in [-0.2, -0.15) is 5.26 Å². The van der Waals surface area contributed by atoms with E-state index in [4.69, 9.17) is 10.00 Å². The Morgan fingerprint density at radius 1 is 1.07 bits per heavy atom. The lowest BCUT2D eigenvalue weighted by molar-refractivity contribution is 0.122. The first-order chi connectivity index (χ1) is 14.2. The van der Waals surface area contributed by atoms with E-state index in [-0.39, 0.29) is 5.82 Å². The van der Waals surface area contributed by atoms with Crippen molar-refractivity contribution in [3.8, 4) is 6.07 Å². The highest BCUT2D eigenvalue weighted by molar-refractivity contribution is 7.99. The summed E-state index contributed by atoms with van der Waals surface area (Å²) in [6.45, 7) is 5.30. The summed E-state index contributed by atoms with van der Waals surface area (Å²) in [7, 11) is 0. The van der Waals surface area contributed by atoms with Crippen molar-refractivity contribution in [2.24, 2.45) is 0 Å². The first-order valence-corrected chi connectivity index (χ1v) is 9.96. The van der Waals surface area contributed by atoms with Crippen LogP contribution in [0.15, 0.2) is 52.8 Å². The third-order valence-corrected chi connectivity index (χ3v) is 5.42. The van der Waals surface area contributed by atoms with Gasteiger partial charge in [0.15, 0.2) is 0 Å². The highest BCUT2D eigenvalue weighted by Crippen LogP contribution is 2.29. The van der Waals surface area contributed by atoms with Crippen LogP contribution >= 0.6 is 11.8 Å². The Morgan fingerprint density at radius 2 is 1.79 bits per heavy atom. The van der Waals surface area contributed by atoms with Gasteiger partial charge in [0.1, 0.15) is 11.1 Å². The molecule has 3 heterocycles. The summed E-state index contributed by atoms with van der Waals surface area (Å²) in [4.78, 5) is 20.1. The van der Waals surface area contributed by atoms with Gasteiger partial charge in [0.25, 0.3) is 0 Å². The quantitative estimate of drug-likeness (QED) is 0.641. The number of aromatic nitrogens is 4. The molecular weight excluding hydrogens is 386 g/mol. The third kappa shape index (κ3) is 4.80. The lowest BCUT2D eigenvalue weighted by Crippen LogP contribution is -2.36. The number of hydrogen-bond acceptors (Lipinski definition) is 9. The average Bonchev–Trinajstić information content (AvgIpc) is 2.78. The molecule has 8 nitrogen and oxygen atoms in total. The molecule has 0 unspecified atom stereocenters. The van der Waals surface area contributed by atoms with Crippen molar-refractivity contribution in [3.05, 3.63) is 54.2 Å². The summed E-state index contributed by atoms with van der Waals surface area (Å²) in [5.41, 5.74) is 3.05. The fourth-order valence-electron chi connectivity index (χ4n) is 2.83. The van der Waals surface area contributed by atoms with Crippen LogP contribution in [-0.4, -0.2) is 46.2 Å². The van der Waals surface area contributed by atoms with Crippen LogP contribution in [0.25, 0.3) is 0 Å². The number of hydrogen-bond donors (Lipinski definition) is 1. The molecule has 0 bridgehead atoms. The van der Waals surface area contributed by atoms with Crippen molar-refractivity contribution in [2.45, 2.75) is 16.8 Å². The largest absolute Gasteiger partial charge is 0.378 e. The minimum absolute atomic E-state index is 0.150. The Bertz CT molecular complexity index is 1010. The molecule has 0 aliphatic carbocycles. The van der Waals surface area contributed by atoms with E-state index in [1.54, 1.807) is 18.6 Å². The van der Waals surface area contributed by atoms with Crippen molar-refractivity contribution in [2.75, 3.05) is 36.5 Å². The summed E-state index contributed by atoms with van der Waals surface area (Å²) < 4.78 is 5.40. The standard InChI is InChI=1S/C20H19N7OS/c1-14-11-24-20(26-19(14)29-17-12-22-18(10-21)23-13-17)25-15-2-4-16(5-3-15)27-6-8-28-9-7-27/h2-5,11-13H,6-9H2,1H3,(H,24,25,26). The van der Waals surface area contributed by atoms with Gasteiger partial charge in [-0.15, -0.1) is 0 Å². The van der Waals surface area contributed by atoms with Crippen molar-refractivity contribution < 1.29 is 4.74 Å². The van der Waals surface area contributed by atoms with Crippen LogP contribution < -0.4 is 10.2 Å². The molecule has 0 radical (unpaired) electrons. The van der Waals surface area contributed by atoms with Crippen LogP contribution in [0.2, 0.25) is 0 Å². The number of nitriles is 1. The smallest absolute Gasteiger partial charge is 0.232 e. The van der Waals surface area contributed by atoms with E-state index in [0.717, 1.165) is 47.5 Å². The minimum Gasteiger partial charge on any atom is -0.378 e. The van der Waals surface area contributed by atoms with Gasteiger partial charge in [-0.1, -0.05) is 11.8 Å². The molecule has 1 aliphatic heterocycles. The van der Waals surface area contributed by atoms with Gasteiger partial charge in [-0.05, 0) is 31.2 Å². The SMILES string of the molecule is Cc1cnc(Nc2ccc(N3CCOCC3)cc2)nc1Sc1cnc(C#N)nc1. The van der Waals surface area contributed by atoms with Crippen molar-refractivity contribution in [1.82, 2.24) is 19.9 Å². The number of ether oxygens (including phenoxy) is 1. The van der Waals surface area contributed by atoms with Crippen LogP contribution in [0.4, 0.5) is 17.3 Å². The number of rotatable bonds is 5. The summed E-state index contributed by atoms with van der Waals surface area (Å²) in [6.07, 6.45) is 5.02. The normalized spacial score (nSPS) is 13.7. The zero-order valence-electron chi connectivity index (χ0n) is 15.9. The van der Waals surface area contributed by atoms with Crippen LogP contribution in [0.3, 0.4) is 0 Å². The van der Waals surface area contributed by atoms with Gasteiger partial charge in [0.2, 0.25) is 11.8 Å². The zero-order valence-corrected chi connectivity index (χ0v) is 16.7. The van der Waals surface area contributed by atoms with Crippen molar-refractivity contribution in [3.63, 3.8) is 0 Å². The van der Waals surface area contributed by atoms with E-state index in [9.17, 15) is 0 Å². The molecule has 1 N–H and O–H groups in total. The molecule has 4 rings (SSSR count). The monoisotopic (exact) mass is 405 g/mol. The molecule has 2 aromatic heterocycles. The molecule has 1 fully saturated rings. The van der Waals surface area contributed by atoms with Crippen LogP contribution in [-0.2, 0) is 4.74 Å². The van der Waals surface area contributed by atoms with Crippen LogP contribution in [0.5, 0.6) is 0 Å². The molecular formula is C20H19N7OS. The Kier molecular flexibility index (Phi) is 5.84. The fourth-order valence-corrected chi connectivity index (χ4v) is 3.61. The summed E-state index contributed by atoms with van der Waals surface area (Å²) in [5.74, 6) is 0.670. The molecule has 0 amide bonds. The van der Waals surface area contributed by atoms with Gasteiger partial charge >= 0.3 is 0 Å². The second kappa shape index (κ2) is 8.86. The molecule has 1 aliphatic rings. The zero-order chi connectivity index (χ0) is 20.1. The molecule has 0 spiro atoms. The van der Waals surface area contributed by atoms with E-state index in [1.807, 2.05) is 25.1 Å². The maximum absolute atomic E-state index is 8.81. The van der Waals surface area contributed by atoms with Gasteiger partial charge in [0.05, 0.1) is 18.1 Å². The topological polar surface area (TPSA) is 99.9 Å².